The number of nitro groups is 1. The molecule has 1 heterocycles. The second kappa shape index (κ2) is 8.22. The predicted molar refractivity (Wildman–Crippen MR) is 102 cm³/mol. The van der Waals surface area contributed by atoms with Gasteiger partial charge in [0.1, 0.15) is 5.75 Å². The Morgan fingerprint density at radius 2 is 1.93 bits per heavy atom. The number of non-ortho nitro benzene ring substituents is 1. The molecule has 0 radical (unpaired) electrons. The van der Waals surface area contributed by atoms with Crippen molar-refractivity contribution in [1.82, 2.24) is 4.90 Å². The third-order valence-corrected chi connectivity index (χ3v) is 5.60. The van der Waals surface area contributed by atoms with E-state index in [9.17, 15) is 23.3 Å². The molecule has 0 aromatic heterocycles. The average Bonchev–Trinajstić information content (AvgIpc) is 3.04. The van der Waals surface area contributed by atoms with Crippen molar-refractivity contribution >= 4 is 21.4 Å². The first-order valence-corrected chi connectivity index (χ1v) is 10.2. The fourth-order valence-electron chi connectivity index (χ4n) is 2.84. The summed E-state index contributed by atoms with van der Waals surface area (Å²) in [5.41, 5.74) is 0.708. The lowest BCUT2D eigenvalue weighted by molar-refractivity contribution is -0.384. The van der Waals surface area contributed by atoms with E-state index in [1.807, 2.05) is 30.3 Å². The third-order valence-electron chi connectivity index (χ3n) is 4.22. The molecule has 1 aliphatic heterocycles. The number of nitro benzene ring substituents is 1. The van der Waals surface area contributed by atoms with Crippen LogP contribution in [0.2, 0.25) is 0 Å². The molecule has 1 aliphatic rings. The van der Waals surface area contributed by atoms with E-state index in [2.05, 4.69) is 0 Å². The minimum Gasteiger partial charge on any atom is -0.484 e. The number of ether oxygens (including phenoxy) is 1. The van der Waals surface area contributed by atoms with E-state index in [1.165, 1.54) is 35.2 Å². The zero-order valence-electron chi connectivity index (χ0n) is 14.8. The SMILES string of the molecule is O=C(COc1cccc([N+](=O)[O-])c1)N(Cc1ccccc1)[C@H]1C=CS(=O)(=O)C1. The van der Waals surface area contributed by atoms with Gasteiger partial charge in [0.25, 0.3) is 11.6 Å². The van der Waals surface area contributed by atoms with Crippen molar-refractivity contribution in [3.05, 3.63) is 81.8 Å². The summed E-state index contributed by atoms with van der Waals surface area (Å²) in [5, 5.41) is 12.0. The van der Waals surface area contributed by atoms with Gasteiger partial charge in [-0.05, 0) is 17.7 Å². The minimum absolute atomic E-state index is 0.143. The molecule has 3 rings (SSSR count). The van der Waals surface area contributed by atoms with Crippen molar-refractivity contribution in [2.45, 2.75) is 12.6 Å². The predicted octanol–water partition coefficient (Wildman–Crippen LogP) is 2.31. The summed E-state index contributed by atoms with van der Waals surface area (Å²) < 4.78 is 29.0. The molecule has 1 amide bonds. The minimum atomic E-state index is -3.34. The van der Waals surface area contributed by atoms with Gasteiger partial charge in [0.15, 0.2) is 16.4 Å². The molecular formula is C19H18N2O6S. The van der Waals surface area contributed by atoms with E-state index in [4.69, 9.17) is 4.74 Å². The number of amides is 1. The molecule has 2 aromatic rings. The van der Waals surface area contributed by atoms with Crippen LogP contribution in [0.4, 0.5) is 5.69 Å². The highest BCUT2D eigenvalue weighted by atomic mass is 32.2. The van der Waals surface area contributed by atoms with Gasteiger partial charge in [-0.25, -0.2) is 8.42 Å². The summed E-state index contributed by atoms with van der Waals surface area (Å²) in [5.74, 6) is -0.401. The highest BCUT2D eigenvalue weighted by Gasteiger charge is 2.30. The van der Waals surface area contributed by atoms with Gasteiger partial charge in [0.05, 0.1) is 22.8 Å². The molecule has 0 fully saturated rings. The Morgan fingerprint density at radius 1 is 1.18 bits per heavy atom. The van der Waals surface area contributed by atoms with Gasteiger partial charge in [-0.1, -0.05) is 36.4 Å². The molecule has 2 aromatic carbocycles. The molecule has 0 aliphatic carbocycles. The van der Waals surface area contributed by atoms with E-state index in [-0.39, 0.29) is 30.3 Å². The van der Waals surface area contributed by atoms with E-state index in [0.717, 1.165) is 11.0 Å². The molecule has 0 spiro atoms. The maximum atomic E-state index is 12.8. The first kappa shape index (κ1) is 19.6. The highest BCUT2D eigenvalue weighted by Crippen LogP contribution is 2.21. The molecule has 0 N–H and O–H groups in total. The summed E-state index contributed by atoms with van der Waals surface area (Å²) in [6, 6.07) is 14.1. The smallest absolute Gasteiger partial charge is 0.273 e. The lowest BCUT2D eigenvalue weighted by Gasteiger charge is -2.27. The number of hydrogen-bond acceptors (Lipinski definition) is 6. The molecule has 1 atom stereocenters. The Bertz CT molecular complexity index is 1000. The van der Waals surface area contributed by atoms with Crippen LogP contribution in [0.25, 0.3) is 0 Å². The van der Waals surface area contributed by atoms with E-state index in [1.54, 1.807) is 0 Å². The first-order valence-electron chi connectivity index (χ1n) is 8.46. The van der Waals surface area contributed by atoms with Gasteiger partial charge in [-0.15, -0.1) is 0 Å². The summed E-state index contributed by atoms with van der Waals surface area (Å²) in [6.45, 7) is -0.138. The molecular weight excluding hydrogens is 384 g/mol. The Balaban J connectivity index is 1.74. The van der Waals surface area contributed by atoms with Crippen molar-refractivity contribution < 1.29 is 22.9 Å². The Hall–Kier alpha value is -3.20. The molecule has 28 heavy (non-hydrogen) atoms. The number of carbonyl (C=O) groups is 1. The van der Waals surface area contributed by atoms with Crippen molar-refractivity contribution in [2.24, 2.45) is 0 Å². The van der Waals surface area contributed by atoms with Gasteiger partial charge >= 0.3 is 0 Å². The van der Waals surface area contributed by atoms with Gasteiger partial charge in [-0.2, -0.15) is 0 Å². The van der Waals surface area contributed by atoms with E-state index >= 15 is 0 Å². The van der Waals surface area contributed by atoms with Crippen LogP contribution in [-0.2, 0) is 21.2 Å². The molecule has 0 bridgehead atoms. The summed E-state index contributed by atoms with van der Waals surface area (Å²) >= 11 is 0. The Labute approximate surface area is 162 Å². The van der Waals surface area contributed by atoms with Gasteiger partial charge < -0.3 is 9.64 Å². The summed E-state index contributed by atoms with van der Waals surface area (Å²) in [6.07, 6.45) is 1.49. The van der Waals surface area contributed by atoms with Crippen molar-refractivity contribution in [1.29, 1.82) is 0 Å². The number of nitrogens with zero attached hydrogens (tertiary/aromatic N) is 2. The van der Waals surface area contributed by atoms with Crippen LogP contribution in [0.5, 0.6) is 5.75 Å². The maximum absolute atomic E-state index is 12.8. The van der Waals surface area contributed by atoms with Crippen LogP contribution in [0, 0.1) is 10.1 Å². The van der Waals surface area contributed by atoms with Crippen LogP contribution in [-0.4, -0.2) is 42.5 Å². The van der Waals surface area contributed by atoms with Crippen LogP contribution >= 0.6 is 0 Å². The zero-order chi connectivity index (χ0) is 20.1. The van der Waals surface area contributed by atoms with Crippen molar-refractivity contribution in [3.8, 4) is 5.75 Å². The highest BCUT2D eigenvalue weighted by molar-refractivity contribution is 7.94. The van der Waals surface area contributed by atoms with Crippen LogP contribution < -0.4 is 4.74 Å². The second-order valence-corrected chi connectivity index (χ2v) is 8.21. The van der Waals surface area contributed by atoms with Crippen LogP contribution in [0.15, 0.2) is 66.1 Å². The quantitative estimate of drug-likeness (QED) is 0.520. The lowest BCUT2D eigenvalue weighted by atomic mass is 10.2. The first-order chi connectivity index (χ1) is 13.3. The summed E-state index contributed by atoms with van der Waals surface area (Å²) in [4.78, 5) is 24.5. The van der Waals surface area contributed by atoms with Crippen LogP contribution in [0.1, 0.15) is 5.56 Å². The van der Waals surface area contributed by atoms with E-state index in [0.29, 0.717) is 0 Å². The average molecular weight is 402 g/mol. The van der Waals surface area contributed by atoms with Gasteiger partial charge in [0, 0.05) is 18.0 Å². The third kappa shape index (κ3) is 4.95. The standard InChI is InChI=1S/C19H18N2O6S/c22-19(13-27-18-8-4-7-16(11-18)21(23)24)20(12-15-5-2-1-3-6-15)17-9-10-28(25,26)14-17/h1-11,17H,12-14H2/t17-/m0/s1. The Morgan fingerprint density at radius 3 is 2.57 bits per heavy atom. The molecule has 0 saturated heterocycles. The number of carbonyl (C=O) groups excluding carboxylic acids is 1. The second-order valence-electron chi connectivity index (χ2n) is 6.28. The number of rotatable bonds is 7. The monoisotopic (exact) mass is 402 g/mol. The Kier molecular flexibility index (Phi) is 5.74. The molecule has 0 unspecified atom stereocenters. The lowest BCUT2D eigenvalue weighted by Crippen LogP contribution is -2.42. The molecule has 146 valence electrons. The molecule has 0 saturated carbocycles. The van der Waals surface area contributed by atoms with Crippen LogP contribution in [0.3, 0.4) is 0 Å². The number of sulfone groups is 1. The topological polar surface area (TPSA) is 107 Å². The largest absolute Gasteiger partial charge is 0.484 e. The molecule has 9 heteroatoms. The molecule has 8 nitrogen and oxygen atoms in total. The van der Waals surface area contributed by atoms with E-state index < -0.39 is 26.7 Å². The fraction of sp³-hybridized carbons (Fsp3) is 0.211. The summed E-state index contributed by atoms with van der Waals surface area (Å²) in [7, 11) is -3.34. The normalized spacial score (nSPS) is 17.2. The van der Waals surface area contributed by atoms with Gasteiger partial charge in [0.2, 0.25) is 0 Å². The van der Waals surface area contributed by atoms with Gasteiger partial charge in [-0.3, -0.25) is 14.9 Å². The number of hydrogen-bond donors (Lipinski definition) is 0. The van der Waals surface area contributed by atoms with Crippen molar-refractivity contribution in [3.63, 3.8) is 0 Å². The maximum Gasteiger partial charge on any atom is 0.273 e. The zero-order valence-corrected chi connectivity index (χ0v) is 15.6. The fourth-order valence-corrected chi connectivity index (χ4v) is 4.14. The number of benzene rings is 2. The van der Waals surface area contributed by atoms with Crippen molar-refractivity contribution in [2.75, 3.05) is 12.4 Å².